The van der Waals surface area contributed by atoms with Gasteiger partial charge in [-0.15, -0.1) is 0 Å². The second kappa shape index (κ2) is 6.14. The zero-order valence-electron chi connectivity index (χ0n) is 10.8. The first kappa shape index (κ1) is 14.0. The minimum absolute atomic E-state index is 0.0834. The molecule has 104 valence electrons. The fourth-order valence-corrected chi connectivity index (χ4v) is 1.58. The van der Waals surface area contributed by atoms with E-state index >= 15 is 0 Å². The van der Waals surface area contributed by atoms with Gasteiger partial charge < -0.3 is 10.1 Å². The molecule has 0 aromatic heterocycles. The number of para-hydroxylation sites is 1. The fourth-order valence-electron chi connectivity index (χ4n) is 1.58. The molecule has 2 rings (SSSR count). The van der Waals surface area contributed by atoms with Gasteiger partial charge in [-0.2, -0.15) is 0 Å². The zero-order chi connectivity index (χ0) is 14.5. The number of rotatable bonds is 4. The van der Waals surface area contributed by atoms with Crippen LogP contribution in [-0.2, 0) is 4.79 Å². The van der Waals surface area contributed by atoms with Crippen molar-refractivity contribution in [3.8, 4) is 5.75 Å². The predicted molar refractivity (Wildman–Crippen MR) is 71.5 cm³/mol. The zero-order valence-corrected chi connectivity index (χ0v) is 10.8. The van der Waals surface area contributed by atoms with Gasteiger partial charge in [0.15, 0.2) is 6.10 Å². The van der Waals surface area contributed by atoms with E-state index in [1.165, 1.54) is 0 Å². The Balaban J connectivity index is 2.01. The molecular formula is C15H13F2NO2. The second-order valence-electron chi connectivity index (χ2n) is 4.19. The molecule has 0 saturated heterocycles. The molecule has 20 heavy (non-hydrogen) atoms. The van der Waals surface area contributed by atoms with Gasteiger partial charge in [-0.25, -0.2) is 8.78 Å². The number of carbonyl (C=O) groups excluding carboxylic acids is 1. The summed E-state index contributed by atoms with van der Waals surface area (Å²) in [5.74, 6) is -1.51. The van der Waals surface area contributed by atoms with E-state index in [1.54, 1.807) is 31.2 Å². The van der Waals surface area contributed by atoms with Crippen molar-refractivity contribution in [1.29, 1.82) is 0 Å². The van der Waals surface area contributed by atoms with E-state index in [0.29, 0.717) is 11.8 Å². The summed E-state index contributed by atoms with van der Waals surface area (Å²) in [5.41, 5.74) is -0.0834. The van der Waals surface area contributed by atoms with Crippen LogP contribution < -0.4 is 10.1 Å². The Morgan fingerprint density at radius 2 is 1.85 bits per heavy atom. The Bertz CT molecular complexity index is 602. The molecule has 1 N–H and O–H groups in total. The Hall–Kier alpha value is -2.43. The normalized spacial score (nSPS) is 11.8. The molecule has 2 aromatic carbocycles. The SMILES string of the molecule is CC(Oc1ccccc1)C(=O)Nc1ccc(F)cc1F. The van der Waals surface area contributed by atoms with Crippen LogP contribution in [0.25, 0.3) is 0 Å². The van der Waals surface area contributed by atoms with E-state index in [2.05, 4.69) is 5.32 Å². The highest BCUT2D eigenvalue weighted by molar-refractivity contribution is 5.94. The van der Waals surface area contributed by atoms with Gasteiger partial charge >= 0.3 is 0 Å². The molecular weight excluding hydrogens is 264 g/mol. The number of nitrogens with one attached hydrogen (secondary N) is 1. The van der Waals surface area contributed by atoms with Gasteiger partial charge in [-0.1, -0.05) is 18.2 Å². The van der Waals surface area contributed by atoms with E-state index in [-0.39, 0.29) is 5.69 Å². The molecule has 0 aliphatic heterocycles. The smallest absolute Gasteiger partial charge is 0.265 e. The lowest BCUT2D eigenvalue weighted by atomic mass is 10.2. The Morgan fingerprint density at radius 3 is 2.50 bits per heavy atom. The van der Waals surface area contributed by atoms with Crippen LogP contribution in [0.15, 0.2) is 48.5 Å². The minimum Gasteiger partial charge on any atom is -0.481 e. The van der Waals surface area contributed by atoms with E-state index < -0.39 is 23.6 Å². The minimum atomic E-state index is -0.828. The maximum atomic E-state index is 13.4. The standard InChI is InChI=1S/C15H13F2NO2/c1-10(20-12-5-3-2-4-6-12)15(19)18-14-8-7-11(16)9-13(14)17/h2-10H,1H3,(H,18,19). The third-order valence-corrected chi connectivity index (χ3v) is 2.61. The lowest BCUT2D eigenvalue weighted by molar-refractivity contribution is -0.122. The van der Waals surface area contributed by atoms with Gasteiger partial charge in [0.1, 0.15) is 17.4 Å². The molecule has 1 unspecified atom stereocenters. The van der Waals surface area contributed by atoms with E-state index in [0.717, 1.165) is 12.1 Å². The predicted octanol–water partition coefficient (Wildman–Crippen LogP) is 3.37. The van der Waals surface area contributed by atoms with E-state index in [1.807, 2.05) is 6.07 Å². The maximum Gasteiger partial charge on any atom is 0.265 e. The number of amides is 1. The molecule has 0 spiro atoms. The molecule has 1 amide bonds. The van der Waals surface area contributed by atoms with Crippen molar-refractivity contribution >= 4 is 11.6 Å². The van der Waals surface area contributed by atoms with Crippen LogP contribution >= 0.6 is 0 Å². The maximum absolute atomic E-state index is 13.4. The van der Waals surface area contributed by atoms with Crippen molar-refractivity contribution < 1.29 is 18.3 Å². The summed E-state index contributed by atoms with van der Waals surface area (Å²) in [6.45, 7) is 1.55. The molecule has 5 heteroatoms. The van der Waals surface area contributed by atoms with Crippen molar-refractivity contribution in [3.05, 3.63) is 60.2 Å². The lowest BCUT2D eigenvalue weighted by Crippen LogP contribution is -2.30. The number of hydrogen-bond acceptors (Lipinski definition) is 2. The van der Waals surface area contributed by atoms with Gasteiger partial charge in [-0.3, -0.25) is 4.79 Å². The Morgan fingerprint density at radius 1 is 1.15 bits per heavy atom. The lowest BCUT2D eigenvalue weighted by Gasteiger charge is -2.15. The number of benzene rings is 2. The molecule has 0 heterocycles. The summed E-state index contributed by atoms with van der Waals surface area (Å²) in [6, 6.07) is 11.7. The Labute approximate surface area is 115 Å². The number of hydrogen-bond donors (Lipinski definition) is 1. The highest BCUT2D eigenvalue weighted by Gasteiger charge is 2.16. The third-order valence-electron chi connectivity index (χ3n) is 2.61. The molecule has 0 aliphatic rings. The average molecular weight is 277 g/mol. The number of anilines is 1. The van der Waals surface area contributed by atoms with E-state index in [4.69, 9.17) is 4.74 Å². The number of carbonyl (C=O) groups is 1. The summed E-state index contributed by atoms with van der Waals surface area (Å²) in [6.07, 6.45) is -0.804. The summed E-state index contributed by atoms with van der Waals surface area (Å²) in [5, 5.41) is 2.35. The van der Waals surface area contributed by atoms with Crippen molar-refractivity contribution in [2.75, 3.05) is 5.32 Å². The second-order valence-corrected chi connectivity index (χ2v) is 4.19. The first-order valence-corrected chi connectivity index (χ1v) is 6.04. The van der Waals surface area contributed by atoms with Gasteiger partial charge in [0.25, 0.3) is 5.91 Å². The van der Waals surface area contributed by atoms with Crippen molar-refractivity contribution in [1.82, 2.24) is 0 Å². The number of ether oxygens (including phenoxy) is 1. The van der Waals surface area contributed by atoms with Crippen LogP contribution in [0.3, 0.4) is 0 Å². The molecule has 0 fully saturated rings. The summed E-state index contributed by atoms with van der Waals surface area (Å²) < 4.78 is 31.6. The summed E-state index contributed by atoms with van der Waals surface area (Å²) >= 11 is 0. The van der Waals surface area contributed by atoms with Crippen molar-refractivity contribution in [2.45, 2.75) is 13.0 Å². The van der Waals surface area contributed by atoms with Crippen LogP contribution in [0.5, 0.6) is 5.75 Å². The molecule has 0 radical (unpaired) electrons. The van der Waals surface area contributed by atoms with Gasteiger partial charge in [0, 0.05) is 6.07 Å². The van der Waals surface area contributed by atoms with Gasteiger partial charge in [-0.05, 0) is 31.2 Å². The van der Waals surface area contributed by atoms with Gasteiger partial charge in [0.2, 0.25) is 0 Å². The van der Waals surface area contributed by atoms with Gasteiger partial charge in [0.05, 0.1) is 5.69 Å². The summed E-state index contributed by atoms with van der Waals surface area (Å²) in [4.78, 5) is 11.9. The van der Waals surface area contributed by atoms with Crippen LogP contribution in [0.2, 0.25) is 0 Å². The highest BCUT2D eigenvalue weighted by atomic mass is 19.1. The topological polar surface area (TPSA) is 38.3 Å². The largest absolute Gasteiger partial charge is 0.481 e. The molecule has 2 aromatic rings. The Kier molecular flexibility index (Phi) is 4.30. The highest BCUT2D eigenvalue weighted by Crippen LogP contribution is 2.16. The quantitative estimate of drug-likeness (QED) is 0.930. The van der Waals surface area contributed by atoms with E-state index in [9.17, 15) is 13.6 Å². The monoisotopic (exact) mass is 277 g/mol. The fraction of sp³-hybridized carbons (Fsp3) is 0.133. The van der Waals surface area contributed by atoms with Crippen molar-refractivity contribution in [3.63, 3.8) is 0 Å². The molecule has 3 nitrogen and oxygen atoms in total. The molecule has 0 bridgehead atoms. The summed E-state index contributed by atoms with van der Waals surface area (Å²) in [7, 11) is 0. The molecule has 1 atom stereocenters. The van der Waals surface area contributed by atoms with Crippen LogP contribution in [0.1, 0.15) is 6.92 Å². The number of halogens is 2. The van der Waals surface area contributed by atoms with Crippen molar-refractivity contribution in [2.24, 2.45) is 0 Å². The van der Waals surface area contributed by atoms with Crippen LogP contribution in [0.4, 0.5) is 14.5 Å². The van der Waals surface area contributed by atoms with Crippen LogP contribution in [0, 0.1) is 11.6 Å². The third kappa shape index (κ3) is 3.54. The molecule has 0 aliphatic carbocycles. The van der Waals surface area contributed by atoms with Crippen LogP contribution in [-0.4, -0.2) is 12.0 Å². The molecule has 0 saturated carbocycles. The first-order valence-electron chi connectivity index (χ1n) is 6.04. The average Bonchev–Trinajstić information content (AvgIpc) is 2.43. The first-order chi connectivity index (χ1) is 9.56.